The molecule has 3 aromatic rings. The largest absolute Gasteiger partial charge is 0.439 e. The summed E-state index contributed by atoms with van der Waals surface area (Å²) in [7, 11) is 0. The number of benzene rings is 2. The Kier molecular flexibility index (Phi) is 8.65. The van der Waals surface area contributed by atoms with Gasteiger partial charge in [0.05, 0.1) is 0 Å². The van der Waals surface area contributed by atoms with E-state index in [2.05, 4.69) is 39.6 Å². The van der Waals surface area contributed by atoms with E-state index in [-0.39, 0.29) is 5.41 Å². The molecule has 1 saturated carbocycles. The first-order valence-corrected chi connectivity index (χ1v) is 14.5. The van der Waals surface area contributed by atoms with Crippen molar-refractivity contribution in [2.24, 2.45) is 5.92 Å². The minimum Gasteiger partial charge on any atom is -0.439 e. The van der Waals surface area contributed by atoms with Gasteiger partial charge in [0.2, 0.25) is 11.8 Å². The molecule has 0 atom stereocenters. The third-order valence-electron chi connectivity index (χ3n) is 7.82. The van der Waals surface area contributed by atoms with Gasteiger partial charge >= 0.3 is 0 Å². The van der Waals surface area contributed by atoms with Crippen molar-refractivity contribution < 1.29 is 4.74 Å². The molecule has 2 heterocycles. The van der Waals surface area contributed by atoms with Crippen molar-refractivity contribution in [1.29, 1.82) is 0 Å². The van der Waals surface area contributed by atoms with E-state index in [1.807, 2.05) is 48.5 Å². The summed E-state index contributed by atoms with van der Waals surface area (Å²) in [6.45, 7) is 4.97. The molecule has 1 aliphatic heterocycles. The van der Waals surface area contributed by atoms with Gasteiger partial charge in [0.25, 0.3) is 0 Å². The second kappa shape index (κ2) is 12.3. The van der Waals surface area contributed by atoms with Crippen LogP contribution in [0.2, 0.25) is 5.02 Å². The number of aromatic nitrogens is 2. The first kappa shape index (κ1) is 26.7. The minimum atomic E-state index is 0.00364. The Labute approximate surface area is 236 Å². The molecule has 0 radical (unpaired) electrons. The molecular formula is C30H36ClN5OS. The lowest BCUT2D eigenvalue weighted by molar-refractivity contribution is 0.292. The van der Waals surface area contributed by atoms with Crippen LogP contribution in [0.25, 0.3) is 0 Å². The lowest BCUT2D eigenvalue weighted by atomic mass is 9.69. The maximum atomic E-state index is 6.36. The molecule has 0 bridgehead atoms. The highest BCUT2D eigenvalue weighted by Crippen LogP contribution is 2.40. The quantitative estimate of drug-likeness (QED) is 0.299. The first-order chi connectivity index (χ1) is 18.5. The third-order valence-corrected chi connectivity index (χ3v) is 8.30. The van der Waals surface area contributed by atoms with Crippen LogP contribution in [0, 0.1) is 5.92 Å². The SMILES string of the molecule is CC1CCN(c2cc(Oc3ccccc3)nc(NC(=S)NCC3(c4cccc(Cl)c4)CCCCC3)n2)CC1. The number of para-hydroxylation sites is 1. The highest BCUT2D eigenvalue weighted by atomic mass is 35.5. The van der Waals surface area contributed by atoms with Gasteiger partial charge in [-0.15, -0.1) is 0 Å². The van der Waals surface area contributed by atoms with Crippen molar-refractivity contribution in [3.63, 3.8) is 0 Å². The van der Waals surface area contributed by atoms with Gasteiger partial charge in [-0.1, -0.05) is 68.1 Å². The average Bonchev–Trinajstić information content (AvgIpc) is 2.93. The van der Waals surface area contributed by atoms with E-state index >= 15 is 0 Å². The highest BCUT2D eigenvalue weighted by molar-refractivity contribution is 7.80. The molecule has 2 aliphatic rings. The van der Waals surface area contributed by atoms with Gasteiger partial charge in [-0.05, 0) is 73.6 Å². The smallest absolute Gasteiger partial charge is 0.234 e. The van der Waals surface area contributed by atoms with Crippen molar-refractivity contribution in [3.8, 4) is 11.6 Å². The lowest BCUT2D eigenvalue weighted by Gasteiger charge is -2.38. The number of nitrogens with zero attached hydrogens (tertiary/aromatic N) is 3. The molecule has 5 rings (SSSR count). The van der Waals surface area contributed by atoms with E-state index in [0.29, 0.717) is 16.9 Å². The number of rotatable bonds is 7. The lowest BCUT2D eigenvalue weighted by Crippen LogP contribution is -2.43. The Morgan fingerprint density at radius 3 is 2.53 bits per heavy atom. The number of ether oxygens (including phenoxy) is 1. The van der Waals surface area contributed by atoms with Crippen LogP contribution in [0.1, 0.15) is 57.4 Å². The van der Waals surface area contributed by atoms with Crippen molar-refractivity contribution >= 4 is 40.7 Å². The number of piperidine rings is 1. The average molecular weight is 550 g/mol. The summed E-state index contributed by atoms with van der Waals surface area (Å²) in [6, 6.07) is 19.9. The normalized spacial score (nSPS) is 17.6. The van der Waals surface area contributed by atoms with E-state index in [0.717, 1.165) is 67.8 Å². The summed E-state index contributed by atoms with van der Waals surface area (Å²) >= 11 is 12.1. The van der Waals surface area contributed by atoms with Crippen molar-refractivity contribution in [2.45, 2.75) is 57.3 Å². The van der Waals surface area contributed by atoms with Crippen LogP contribution >= 0.6 is 23.8 Å². The standard InChI is InChI=1S/C30H36ClN5OS/c1-22-13-17-36(18-14-22)26-20-27(37-25-11-4-2-5-12-25)34-28(33-26)35-29(38)32-21-30(15-6-3-7-16-30)23-9-8-10-24(31)19-23/h2,4-5,8-12,19-20,22H,3,6-7,13-18,21H2,1H3,(H2,32,33,34,35,38). The van der Waals surface area contributed by atoms with Gasteiger partial charge in [-0.2, -0.15) is 9.97 Å². The molecule has 8 heteroatoms. The summed E-state index contributed by atoms with van der Waals surface area (Å²) in [4.78, 5) is 11.8. The Morgan fingerprint density at radius 1 is 1.03 bits per heavy atom. The number of anilines is 2. The molecule has 1 aliphatic carbocycles. The van der Waals surface area contributed by atoms with Gasteiger partial charge in [0.1, 0.15) is 11.6 Å². The fraction of sp³-hybridized carbons (Fsp3) is 0.433. The fourth-order valence-electron chi connectivity index (χ4n) is 5.54. The summed E-state index contributed by atoms with van der Waals surface area (Å²) < 4.78 is 6.10. The van der Waals surface area contributed by atoms with Gasteiger partial charge in [0.15, 0.2) is 5.11 Å². The van der Waals surface area contributed by atoms with Crippen LogP contribution < -0.4 is 20.3 Å². The van der Waals surface area contributed by atoms with Crippen molar-refractivity contribution in [3.05, 3.63) is 71.2 Å². The maximum absolute atomic E-state index is 6.36. The molecule has 1 saturated heterocycles. The Balaban J connectivity index is 1.32. The summed E-state index contributed by atoms with van der Waals surface area (Å²) in [6.07, 6.45) is 8.18. The number of nitrogens with one attached hydrogen (secondary N) is 2. The monoisotopic (exact) mass is 549 g/mol. The van der Waals surface area contributed by atoms with E-state index < -0.39 is 0 Å². The zero-order valence-corrected chi connectivity index (χ0v) is 23.5. The molecule has 2 aromatic carbocycles. The van der Waals surface area contributed by atoms with Gasteiger partial charge in [0, 0.05) is 36.1 Å². The minimum absolute atomic E-state index is 0.00364. The number of hydrogen-bond acceptors (Lipinski definition) is 5. The topological polar surface area (TPSA) is 62.3 Å². The third kappa shape index (κ3) is 6.75. The van der Waals surface area contributed by atoms with Gasteiger partial charge < -0.3 is 20.3 Å². The van der Waals surface area contributed by atoms with Gasteiger partial charge in [-0.25, -0.2) is 0 Å². The maximum Gasteiger partial charge on any atom is 0.234 e. The van der Waals surface area contributed by atoms with E-state index in [1.165, 1.54) is 24.8 Å². The molecule has 200 valence electrons. The summed E-state index contributed by atoms with van der Waals surface area (Å²) in [5.74, 6) is 3.24. The summed E-state index contributed by atoms with van der Waals surface area (Å²) in [5.41, 5.74) is 1.28. The predicted molar refractivity (Wildman–Crippen MR) is 160 cm³/mol. The molecule has 2 fully saturated rings. The highest BCUT2D eigenvalue weighted by Gasteiger charge is 2.34. The van der Waals surface area contributed by atoms with Crippen LogP contribution in [0.4, 0.5) is 11.8 Å². The van der Waals surface area contributed by atoms with Crippen LogP contribution in [0.15, 0.2) is 60.7 Å². The van der Waals surface area contributed by atoms with Crippen molar-refractivity contribution in [2.75, 3.05) is 29.9 Å². The van der Waals surface area contributed by atoms with E-state index in [1.54, 1.807) is 0 Å². The summed E-state index contributed by atoms with van der Waals surface area (Å²) in [5, 5.41) is 8.00. The van der Waals surface area contributed by atoms with Crippen LogP contribution in [-0.4, -0.2) is 34.7 Å². The Hall–Kier alpha value is -2.90. The van der Waals surface area contributed by atoms with Gasteiger partial charge in [-0.3, -0.25) is 0 Å². The Morgan fingerprint density at radius 2 is 1.79 bits per heavy atom. The number of hydrogen-bond donors (Lipinski definition) is 2. The van der Waals surface area contributed by atoms with Crippen molar-refractivity contribution in [1.82, 2.24) is 15.3 Å². The molecule has 38 heavy (non-hydrogen) atoms. The molecule has 0 unspecified atom stereocenters. The molecular weight excluding hydrogens is 514 g/mol. The second-order valence-electron chi connectivity index (χ2n) is 10.6. The zero-order chi connectivity index (χ0) is 26.4. The number of thiocarbonyl (C=S) groups is 1. The van der Waals surface area contributed by atoms with E-state index in [9.17, 15) is 0 Å². The van der Waals surface area contributed by atoms with E-state index in [4.69, 9.17) is 33.5 Å². The van der Waals surface area contributed by atoms with Crippen LogP contribution in [0.3, 0.4) is 0 Å². The molecule has 1 aromatic heterocycles. The first-order valence-electron chi connectivity index (χ1n) is 13.7. The Bertz CT molecular complexity index is 1230. The molecule has 6 nitrogen and oxygen atoms in total. The zero-order valence-electron chi connectivity index (χ0n) is 22.0. The number of halogens is 1. The van der Waals surface area contributed by atoms with Crippen LogP contribution in [-0.2, 0) is 5.41 Å². The fourth-order valence-corrected chi connectivity index (χ4v) is 5.89. The molecule has 0 spiro atoms. The second-order valence-corrected chi connectivity index (χ2v) is 11.5. The molecule has 2 N–H and O–H groups in total. The molecule has 0 amide bonds. The van der Waals surface area contributed by atoms with Crippen LogP contribution in [0.5, 0.6) is 11.6 Å². The predicted octanol–water partition coefficient (Wildman–Crippen LogP) is 7.35.